The van der Waals surface area contributed by atoms with Crippen LogP contribution in [0.15, 0.2) is 33.9 Å². The summed E-state index contributed by atoms with van der Waals surface area (Å²) in [6.45, 7) is 2.27. The minimum atomic E-state index is -0.687. The maximum atomic E-state index is 12.3. The fraction of sp³-hybridized carbons (Fsp3) is 0.188. The first kappa shape index (κ1) is 16.4. The van der Waals surface area contributed by atoms with Crippen LogP contribution >= 0.6 is 0 Å². The van der Waals surface area contributed by atoms with E-state index in [1.54, 1.807) is 0 Å². The van der Waals surface area contributed by atoms with Crippen LogP contribution < -0.4 is 16.4 Å². The van der Waals surface area contributed by atoms with Gasteiger partial charge in [-0.15, -0.1) is 0 Å². The van der Waals surface area contributed by atoms with E-state index in [4.69, 9.17) is 0 Å². The lowest BCUT2D eigenvalue weighted by atomic mass is 10.1. The SMILES string of the molecule is CCCNC(=O)c1c(=O)[nH]n2c(=O)cc(-c3ccc(O)c(O)c3)[nH]c12. The summed E-state index contributed by atoms with van der Waals surface area (Å²) in [4.78, 5) is 39.4. The highest BCUT2D eigenvalue weighted by Crippen LogP contribution is 2.29. The van der Waals surface area contributed by atoms with E-state index >= 15 is 0 Å². The van der Waals surface area contributed by atoms with Crippen molar-refractivity contribution in [2.24, 2.45) is 0 Å². The third kappa shape index (κ3) is 2.87. The Labute approximate surface area is 140 Å². The van der Waals surface area contributed by atoms with Gasteiger partial charge in [0.25, 0.3) is 17.0 Å². The molecule has 0 atom stereocenters. The average molecular weight is 344 g/mol. The van der Waals surface area contributed by atoms with Crippen LogP contribution in [0.5, 0.6) is 11.5 Å². The van der Waals surface area contributed by atoms with Crippen LogP contribution in [0.1, 0.15) is 23.7 Å². The summed E-state index contributed by atoms with van der Waals surface area (Å²) < 4.78 is 0.951. The smallest absolute Gasteiger partial charge is 0.279 e. The average Bonchev–Trinajstić information content (AvgIpc) is 2.92. The van der Waals surface area contributed by atoms with Gasteiger partial charge in [-0.3, -0.25) is 19.5 Å². The topological polar surface area (TPSA) is 140 Å². The Bertz CT molecular complexity index is 1080. The molecule has 3 rings (SSSR count). The molecule has 0 aliphatic rings. The predicted molar refractivity (Wildman–Crippen MR) is 90.0 cm³/mol. The Morgan fingerprint density at radius 1 is 1.20 bits per heavy atom. The number of hydrogen-bond acceptors (Lipinski definition) is 5. The minimum Gasteiger partial charge on any atom is -0.504 e. The van der Waals surface area contributed by atoms with Gasteiger partial charge in [0.2, 0.25) is 0 Å². The molecule has 0 fully saturated rings. The van der Waals surface area contributed by atoms with E-state index < -0.39 is 17.0 Å². The molecule has 0 saturated heterocycles. The zero-order valence-corrected chi connectivity index (χ0v) is 13.3. The van der Waals surface area contributed by atoms with Crippen LogP contribution in [0.2, 0.25) is 0 Å². The van der Waals surface area contributed by atoms with Gasteiger partial charge in [0.05, 0.1) is 5.69 Å². The molecule has 2 heterocycles. The summed E-state index contributed by atoms with van der Waals surface area (Å²) in [6, 6.07) is 5.23. The molecule has 0 aliphatic carbocycles. The van der Waals surface area contributed by atoms with E-state index in [2.05, 4.69) is 15.4 Å². The maximum Gasteiger partial charge on any atom is 0.279 e. The van der Waals surface area contributed by atoms with Crippen LogP contribution in [0.25, 0.3) is 16.9 Å². The summed E-state index contributed by atoms with van der Waals surface area (Å²) >= 11 is 0. The number of hydrogen-bond donors (Lipinski definition) is 5. The number of benzene rings is 1. The third-order valence-corrected chi connectivity index (χ3v) is 3.69. The van der Waals surface area contributed by atoms with Gasteiger partial charge in [0.1, 0.15) is 5.56 Å². The van der Waals surface area contributed by atoms with Crippen LogP contribution in [0.4, 0.5) is 0 Å². The fourth-order valence-corrected chi connectivity index (χ4v) is 2.45. The Kier molecular flexibility index (Phi) is 4.05. The van der Waals surface area contributed by atoms with E-state index in [1.165, 1.54) is 24.3 Å². The second-order valence-corrected chi connectivity index (χ2v) is 5.48. The molecule has 0 bridgehead atoms. The number of aromatic nitrogens is 3. The highest BCUT2D eigenvalue weighted by atomic mass is 16.3. The first-order valence-electron chi connectivity index (χ1n) is 7.61. The lowest BCUT2D eigenvalue weighted by molar-refractivity contribution is 0.0954. The van der Waals surface area contributed by atoms with Crippen molar-refractivity contribution < 1.29 is 15.0 Å². The molecule has 0 unspecified atom stereocenters. The summed E-state index contributed by atoms with van der Waals surface area (Å²) in [7, 11) is 0. The number of carbonyl (C=O) groups is 1. The number of phenolic OH excluding ortho intramolecular Hbond substituents is 2. The van der Waals surface area contributed by atoms with Gasteiger partial charge in [-0.25, -0.2) is 0 Å². The summed E-state index contributed by atoms with van der Waals surface area (Å²) in [5.74, 6) is -1.25. The molecule has 130 valence electrons. The van der Waals surface area contributed by atoms with E-state index in [9.17, 15) is 24.6 Å². The second kappa shape index (κ2) is 6.19. The van der Waals surface area contributed by atoms with E-state index in [-0.39, 0.29) is 28.4 Å². The van der Waals surface area contributed by atoms with Crippen molar-refractivity contribution in [3.63, 3.8) is 0 Å². The number of amides is 1. The van der Waals surface area contributed by atoms with Crippen molar-refractivity contribution in [2.45, 2.75) is 13.3 Å². The summed E-state index contributed by atoms with van der Waals surface area (Å²) in [6.07, 6.45) is 0.698. The molecule has 0 spiro atoms. The number of carbonyl (C=O) groups excluding carboxylic acids is 1. The number of aromatic hydroxyl groups is 2. The van der Waals surface area contributed by atoms with Gasteiger partial charge in [-0.05, 0) is 24.6 Å². The van der Waals surface area contributed by atoms with Crippen LogP contribution in [-0.4, -0.2) is 37.3 Å². The number of H-pyrrole nitrogens is 2. The number of fused-ring (bicyclic) bond motifs is 1. The number of phenols is 2. The number of aromatic amines is 2. The largest absolute Gasteiger partial charge is 0.504 e. The van der Waals surface area contributed by atoms with Gasteiger partial charge in [-0.1, -0.05) is 6.92 Å². The molecule has 1 aromatic carbocycles. The molecule has 9 heteroatoms. The van der Waals surface area contributed by atoms with E-state index in [1.807, 2.05) is 6.92 Å². The Morgan fingerprint density at radius 2 is 1.96 bits per heavy atom. The Balaban J connectivity index is 2.20. The molecule has 9 nitrogen and oxygen atoms in total. The molecule has 0 aliphatic heterocycles. The number of nitrogens with one attached hydrogen (secondary N) is 3. The monoisotopic (exact) mass is 344 g/mol. The van der Waals surface area contributed by atoms with Gasteiger partial charge in [0, 0.05) is 18.2 Å². The second-order valence-electron chi connectivity index (χ2n) is 5.48. The first-order chi connectivity index (χ1) is 11.9. The van der Waals surface area contributed by atoms with Crippen molar-refractivity contribution in [1.29, 1.82) is 0 Å². The normalized spacial score (nSPS) is 10.9. The van der Waals surface area contributed by atoms with Gasteiger partial charge in [-0.2, -0.15) is 4.52 Å². The Morgan fingerprint density at radius 3 is 2.64 bits per heavy atom. The van der Waals surface area contributed by atoms with Crippen LogP contribution in [-0.2, 0) is 0 Å². The zero-order valence-electron chi connectivity index (χ0n) is 13.3. The molecular weight excluding hydrogens is 328 g/mol. The predicted octanol–water partition coefficient (Wildman–Crippen LogP) is 0.534. The first-order valence-corrected chi connectivity index (χ1v) is 7.61. The fourth-order valence-electron chi connectivity index (χ4n) is 2.45. The molecule has 25 heavy (non-hydrogen) atoms. The van der Waals surface area contributed by atoms with Crippen molar-refractivity contribution in [3.05, 3.63) is 50.5 Å². The lowest BCUT2D eigenvalue weighted by Crippen LogP contribution is -2.28. The molecule has 2 aromatic heterocycles. The Hall–Kier alpha value is -3.49. The van der Waals surface area contributed by atoms with Crippen molar-refractivity contribution in [1.82, 2.24) is 19.9 Å². The highest BCUT2D eigenvalue weighted by molar-refractivity contribution is 5.99. The molecular formula is C16H16N4O5. The molecule has 1 amide bonds. The highest BCUT2D eigenvalue weighted by Gasteiger charge is 2.19. The van der Waals surface area contributed by atoms with Crippen LogP contribution in [0, 0.1) is 0 Å². The number of nitrogens with zero attached hydrogens (tertiary/aromatic N) is 1. The van der Waals surface area contributed by atoms with E-state index in [0.29, 0.717) is 18.5 Å². The van der Waals surface area contributed by atoms with Gasteiger partial charge in [0.15, 0.2) is 17.1 Å². The zero-order chi connectivity index (χ0) is 18.1. The lowest BCUT2D eigenvalue weighted by Gasteiger charge is -2.06. The maximum absolute atomic E-state index is 12.3. The molecule has 3 aromatic rings. The van der Waals surface area contributed by atoms with Crippen LogP contribution in [0.3, 0.4) is 0 Å². The van der Waals surface area contributed by atoms with Crippen molar-refractivity contribution in [3.8, 4) is 22.8 Å². The molecule has 5 N–H and O–H groups in total. The number of rotatable bonds is 4. The van der Waals surface area contributed by atoms with E-state index in [0.717, 1.165) is 4.52 Å². The minimum absolute atomic E-state index is 0.0219. The third-order valence-electron chi connectivity index (χ3n) is 3.69. The quantitative estimate of drug-likeness (QED) is 0.439. The van der Waals surface area contributed by atoms with Gasteiger partial charge < -0.3 is 20.5 Å². The standard InChI is InChI=1S/C16H16N4O5/c1-2-5-17-15(24)13-14-18-9(7-12(23)20(14)19-16(13)25)8-3-4-10(21)11(22)6-8/h3-4,6-7,18,21-22H,2,5H2,1H3,(H,17,24)(H,19,25). The van der Waals surface area contributed by atoms with Crippen molar-refractivity contribution in [2.75, 3.05) is 6.54 Å². The molecule has 0 radical (unpaired) electrons. The van der Waals surface area contributed by atoms with Crippen molar-refractivity contribution >= 4 is 11.6 Å². The van der Waals surface area contributed by atoms with Gasteiger partial charge >= 0.3 is 0 Å². The molecule has 0 saturated carbocycles. The summed E-state index contributed by atoms with van der Waals surface area (Å²) in [5.41, 5.74) is -0.730. The summed E-state index contributed by atoms with van der Waals surface area (Å²) in [5, 5.41) is 23.9.